The third-order valence-electron chi connectivity index (χ3n) is 5.94. The second kappa shape index (κ2) is 8.79. The SMILES string of the molecule is CN1CCC(N2CCCC(NC(=O)c3ccc(Cn4cnnn4)cc3)C2)CC1. The number of rotatable bonds is 5. The first-order chi connectivity index (χ1) is 13.7. The van der Waals surface area contributed by atoms with E-state index < -0.39 is 0 Å². The van der Waals surface area contributed by atoms with Gasteiger partial charge < -0.3 is 10.2 Å². The predicted molar refractivity (Wildman–Crippen MR) is 106 cm³/mol. The van der Waals surface area contributed by atoms with Crippen LogP contribution in [-0.4, -0.2) is 81.2 Å². The fourth-order valence-corrected chi connectivity index (χ4v) is 4.29. The normalized spacial score (nSPS) is 22.2. The van der Waals surface area contributed by atoms with Crippen molar-refractivity contribution < 1.29 is 4.79 Å². The molecular weight excluding hydrogens is 354 g/mol. The summed E-state index contributed by atoms with van der Waals surface area (Å²) in [5.74, 6) is 0.0178. The number of likely N-dealkylation sites (tertiary alicyclic amines) is 2. The molecule has 1 aromatic carbocycles. The van der Waals surface area contributed by atoms with Gasteiger partial charge in [-0.05, 0) is 80.5 Å². The average Bonchev–Trinajstić information content (AvgIpc) is 3.22. The summed E-state index contributed by atoms with van der Waals surface area (Å²) in [4.78, 5) is 17.7. The Bertz CT molecular complexity index is 753. The highest BCUT2D eigenvalue weighted by Crippen LogP contribution is 2.20. The third kappa shape index (κ3) is 4.74. The van der Waals surface area contributed by atoms with E-state index in [1.807, 2.05) is 24.3 Å². The molecule has 2 saturated heterocycles. The van der Waals surface area contributed by atoms with Crippen molar-refractivity contribution in [2.45, 2.75) is 44.3 Å². The topological polar surface area (TPSA) is 79.2 Å². The van der Waals surface area contributed by atoms with Gasteiger partial charge in [-0.2, -0.15) is 0 Å². The average molecular weight is 384 g/mol. The van der Waals surface area contributed by atoms with Crippen molar-refractivity contribution in [1.29, 1.82) is 0 Å². The van der Waals surface area contributed by atoms with E-state index in [0.29, 0.717) is 18.2 Å². The van der Waals surface area contributed by atoms with E-state index in [2.05, 4.69) is 37.7 Å². The molecule has 8 nitrogen and oxygen atoms in total. The van der Waals surface area contributed by atoms with Crippen LogP contribution in [0.3, 0.4) is 0 Å². The largest absolute Gasteiger partial charge is 0.348 e. The van der Waals surface area contributed by atoms with Gasteiger partial charge in [0.25, 0.3) is 5.91 Å². The van der Waals surface area contributed by atoms with E-state index in [4.69, 9.17) is 0 Å². The third-order valence-corrected chi connectivity index (χ3v) is 5.94. The lowest BCUT2D eigenvalue weighted by molar-refractivity contribution is 0.0766. The van der Waals surface area contributed by atoms with Gasteiger partial charge >= 0.3 is 0 Å². The number of nitrogens with one attached hydrogen (secondary N) is 1. The van der Waals surface area contributed by atoms with E-state index in [9.17, 15) is 4.79 Å². The number of carbonyl (C=O) groups is 1. The fourth-order valence-electron chi connectivity index (χ4n) is 4.29. The Morgan fingerprint density at radius 1 is 1.14 bits per heavy atom. The standard InChI is InChI=1S/C20H29N7O/c1-25-11-8-19(9-12-25)26-10-2-3-18(14-26)22-20(28)17-6-4-16(5-7-17)13-27-15-21-23-24-27/h4-7,15,18-19H,2-3,8-14H2,1H3,(H,22,28). The monoisotopic (exact) mass is 383 g/mol. The minimum absolute atomic E-state index is 0.0178. The number of benzene rings is 1. The van der Waals surface area contributed by atoms with Gasteiger partial charge in [0.1, 0.15) is 6.33 Å². The van der Waals surface area contributed by atoms with Crippen LogP contribution in [0, 0.1) is 0 Å². The first kappa shape index (κ1) is 19.0. The summed E-state index contributed by atoms with van der Waals surface area (Å²) >= 11 is 0. The summed E-state index contributed by atoms with van der Waals surface area (Å²) in [6.45, 7) is 5.08. The van der Waals surface area contributed by atoms with Crippen LogP contribution in [0.2, 0.25) is 0 Å². The molecule has 2 fully saturated rings. The molecule has 1 atom stereocenters. The van der Waals surface area contributed by atoms with Gasteiger partial charge in [0.2, 0.25) is 0 Å². The maximum absolute atomic E-state index is 12.7. The van der Waals surface area contributed by atoms with E-state index >= 15 is 0 Å². The van der Waals surface area contributed by atoms with Gasteiger partial charge in [-0.15, -0.1) is 5.10 Å². The Labute approximate surface area is 165 Å². The minimum Gasteiger partial charge on any atom is -0.348 e. The Morgan fingerprint density at radius 3 is 2.64 bits per heavy atom. The van der Waals surface area contributed by atoms with Gasteiger partial charge in [-0.25, -0.2) is 4.68 Å². The van der Waals surface area contributed by atoms with Crippen LogP contribution in [0.1, 0.15) is 41.6 Å². The predicted octanol–water partition coefficient (Wildman–Crippen LogP) is 1.01. The first-order valence-corrected chi connectivity index (χ1v) is 10.2. The van der Waals surface area contributed by atoms with E-state index in [-0.39, 0.29) is 11.9 Å². The van der Waals surface area contributed by atoms with E-state index in [1.54, 1.807) is 11.0 Å². The summed E-state index contributed by atoms with van der Waals surface area (Å²) < 4.78 is 1.66. The van der Waals surface area contributed by atoms with Gasteiger partial charge in [0, 0.05) is 24.2 Å². The molecule has 28 heavy (non-hydrogen) atoms. The quantitative estimate of drug-likeness (QED) is 0.830. The van der Waals surface area contributed by atoms with Crippen LogP contribution in [0.5, 0.6) is 0 Å². The van der Waals surface area contributed by atoms with E-state index in [0.717, 1.165) is 31.5 Å². The zero-order valence-electron chi connectivity index (χ0n) is 16.5. The number of aromatic nitrogens is 4. The smallest absolute Gasteiger partial charge is 0.251 e. The Balaban J connectivity index is 1.30. The number of nitrogens with zero attached hydrogens (tertiary/aromatic N) is 6. The molecule has 0 spiro atoms. The molecule has 0 saturated carbocycles. The maximum atomic E-state index is 12.7. The summed E-state index contributed by atoms with van der Waals surface area (Å²) in [6, 6.07) is 8.59. The number of piperidine rings is 2. The lowest BCUT2D eigenvalue weighted by Crippen LogP contribution is -2.53. The molecule has 150 valence electrons. The number of tetrazole rings is 1. The van der Waals surface area contributed by atoms with Crippen molar-refractivity contribution in [3.05, 3.63) is 41.7 Å². The van der Waals surface area contributed by atoms with Crippen molar-refractivity contribution in [2.24, 2.45) is 0 Å². The van der Waals surface area contributed by atoms with Gasteiger partial charge in [0.15, 0.2) is 0 Å². The molecule has 0 radical (unpaired) electrons. The fraction of sp³-hybridized carbons (Fsp3) is 0.600. The molecule has 2 aliphatic rings. The molecular formula is C20H29N7O. The molecule has 2 aliphatic heterocycles. The molecule has 3 heterocycles. The van der Waals surface area contributed by atoms with Crippen LogP contribution in [-0.2, 0) is 6.54 Å². The highest BCUT2D eigenvalue weighted by molar-refractivity contribution is 5.94. The molecule has 8 heteroatoms. The second-order valence-corrected chi connectivity index (χ2v) is 8.05. The zero-order valence-corrected chi connectivity index (χ0v) is 16.5. The van der Waals surface area contributed by atoms with Crippen molar-refractivity contribution in [3.63, 3.8) is 0 Å². The zero-order chi connectivity index (χ0) is 19.3. The van der Waals surface area contributed by atoms with Crippen LogP contribution < -0.4 is 5.32 Å². The van der Waals surface area contributed by atoms with Crippen LogP contribution in [0.4, 0.5) is 0 Å². The molecule has 1 amide bonds. The Kier molecular flexibility index (Phi) is 5.97. The lowest BCUT2D eigenvalue weighted by atomic mass is 9.98. The van der Waals surface area contributed by atoms with Crippen LogP contribution in [0.15, 0.2) is 30.6 Å². The molecule has 4 rings (SSSR count). The highest BCUT2D eigenvalue weighted by atomic mass is 16.1. The number of carbonyl (C=O) groups excluding carboxylic acids is 1. The molecule has 0 bridgehead atoms. The van der Waals surface area contributed by atoms with E-state index in [1.165, 1.54) is 25.9 Å². The Morgan fingerprint density at radius 2 is 1.93 bits per heavy atom. The molecule has 1 unspecified atom stereocenters. The van der Waals surface area contributed by atoms with Gasteiger partial charge in [-0.1, -0.05) is 12.1 Å². The molecule has 1 N–H and O–H groups in total. The van der Waals surface area contributed by atoms with Crippen molar-refractivity contribution in [2.75, 3.05) is 33.2 Å². The second-order valence-electron chi connectivity index (χ2n) is 8.05. The Hall–Kier alpha value is -2.32. The number of hydrogen-bond donors (Lipinski definition) is 1. The molecule has 2 aromatic rings. The van der Waals surface area contributed by atoms with Crippen molar-refractivity contribution >= 4 is 5.91 Å². The summed E-state index contributed by atoms with van der Waals surface area (Å²) in [6.07, 6.45) is 6.27. The number of hydrogen-bond acceptors (Lipinski definition) is 6. The van der Waals surface area contributed by atoms with Gasteiger partial charge in [0.05, 0.1) is 6.54 Å². The maximum Gasteiger partial charge on any atom is 0.251 e. The summed E-state index contributed by atoms with van der Waals surface area (Å²) in [5.41, 5.74) is 1.77. The summed E-state index contributed by atoms with van der Waals surface area (Å²) in [5, 5.41) is 14.4. The molecule has 1 aromatic heterocycles. The highest BCUT2D eigenvalue weighted by Gasteiger charge is 2.28. The van der Waals surface area contributed by atoms with Crippen LogP contribution in [0.25, 0.3) is 0 Å². The summed E-state index contributed by atoms with van der Waals surface area (Å²) in [7, 11) is 2.20. The lowest BCUT2D eigenvalue weighted by Gasteiger charge is -2.41. The van der Waals surface area contributed by atoms with Gasteiger partial charge in [-0.3, -0.25) is 9.69 Å². The number of amides is 1. The van der Waals surface area contributed by atoms with Crippen LogP contribution >= 0.6 is 0 Å². The first-order valence-electron chi connectivity index (χ1n) is 10.2. The van der Waals surface area contributed by atoms with Crippen molar-refractivity contribution in [1.82, 2.24) is 35.3 Å². The minimum atomic E-state index is 0.0178. The molecule has 0 aliphatic carbocycles. The van der Waals surface area contributed by atoms with Crippen molar-refractivity contribution in [3.8, 4) is 0 Å².